The Kier molecular flexibility index (Phi) is 5.57. The van der Waals surface area contributed by atoms with Crippen LogP contribution in [0.25, 0.3) is 0 Å². The summed E-state index contributed by atoms with van der Waals surface area (Å²) in [5.41, 5.74) is -0.269. The van der Waals surface area contributed by atoms with Crippen molar-refractivity contribution in [1.29, 1.82) is 5.26 Å². The van der Waals surface area contributed by atoms with Crippen LogP contribution in [0.2, 0.25) is 5.02 Å². The summed E-state index contributed by atoms with van der Waals surface area (Å²) in [6.07, 6.45) is 0.184. The van der Waals surface area contributed by atoms with Gasteiger partial charge >= 0.3 is 5.69 Å². The van der Waals surface area contributed by atoms with Gasteiger partial charge in [0.25, 0.3) is 5.91 Å². The molecule has 8 heteroatoms. The number of halogens is 1. The lowest BCUT2D eigenvalue weighted by molar-refractivity contribution is -0.385. The highest BCUT2D eigenvalue weighted by Crippen LogP contribution is 2.29. The first-order chi connectivity index (χ1) is 9.04. The Hall–Kier alpha value is -2.33. The SMILES string of the molecule is N#CCCNC(=O)COc1cc(Cl)ccc1[N+](=O)[O-]. The molecule has 100 valence electrons. The molecular formula is C11H10ClN3O4. The summed E-state index contributed by atoms with van der Waals surface area (Å²) in [4.78, 5) is 21.4. The Balaban J connectivity index is 2.62. The molecule has 0 aromatic heterocycles. The Morgan fingerprint density at radius 2 is 2.32 bits per heavy atom. The standard InChI is InChI=1S/C11H10ClN3O4/c12-8-2-3-9(15(17)18)10(6-8)19-7-11(16)14-5-1-4-13/h2-3,6H,1,5,7H2,(H,14,16). The van der Waals surface area contributed by atoms with Gasteiger partial charge in [0.1, 0.15) is 0 Å². The Morgan fingerprint density at radius 3 is 2.95 bits per heavy atom. The lowest BCUT2D eigenvalue weighted by Crippen LogP contribution is -2.29. The highest BCUT2D eigenvalue weighted by molar-refractivity contribution is 6.30. The Morgan fingerprint density at radius 1 is 1.58 bits per heavy atom. The number of carbonyl (C=O) groups excluding carboxylic acids is 1. The predicted molar refractivity (Wildman–Crippen MR) is 66.8 cm³/mol. The van der Waals surface area contributed by atoms with Gasteiger partial charge in [-0.3, -0.25) is 14.9 Å². The second kappa shape index (κ2) is 7.18. The van der Waals surface area contributed by atoms with E-state index >= 15 is 0 Å². The van der Waals surface area contributed by atoms with Crippen molar-refractivity contribution < 1.29 is 14.5 Å². The molecule has 0 spiro atoms. The van der Waals surface area contributed by atoms with E-state index in [9.17, 15) is 14.9 Å². The smallest absolute Gasteiger partial charge is 0.311 e. The maximum absolute atomic E-state index is 11.3. The van der Waals surface area contributed by atoms with Crippen LogP contribution < -0.4 is 10.1 Å². The van der Waals surface area contributed by atoms with Gasteiger partial charge in [0.05, 0.1) is 17.4 Å². The molecule has 0 saturated heterocycles. The first kappa shape index (κ1) is 14.7. The lowest BCUT2D eigenvalue weighted by atomic mass is 10.3. The molecule has 0 saturated carbocycles. The molecule has 19 heavy (non-hydrogen) atoms. The monoisotopic (exact) mass is 283 g/mol. The van der Waals surface area contributed by atoms with E-state index in [-0.39, 0.29) is 36.0 Å². The Labute approximate surface area is 113 Å². The predicted octanol–water partition coefficient (Wildman–Crippen LogP) is 1.66. The number of carbonyl (C=O) groups is 1. The molecule has 1 aromatic rings. The number of nitriles is 1. The molecule has 0 bridgehead atoms. The third-order valence-electron chi connectivity index (χ3n) is 2.04. The van der Waals surface area contributed by atoms with Crippen LogP contribution in [-0.2, 0) is 4.79 Å². The molecule has 0 aliphatic rings. The zero-order chi connectivity index (χ0) is 14.3. The largest absolute Gasteiger partial charge is 0.477 e. The number of nitrogens with one attached hydrogen (secondary N) is 1. The molecule has 1 rings (SSSR count). The quantitative estimate of drug-likeness (QED) is 0.485. The van der Waals surface area contributed by atoms with Crippen molar-refractivity contribution in [3.63, 3.8) is 0 Å². The van der Waals surface area contributed by atoms with Crippen LogP contribution in [0.4, 0.5) is 5.69 Å². The van der Waals surface area contributed by atoms with Crippen molar-refractivity contribution in [2.24, 2.45) is 0 Å². The van der Waals surface area contributed by atoms with Gasteiger partial charge < -0.3 is 10.1 Å². The van der Waals surface area contributed by atoms with Gasteiger partial charge in [0, 0.05) is 23.7 Å². The van der Waals surface area contributed by atoms with E-state index in [4.69, 9.17) is 21.6 Å². The number of ether oxygens (including phenoxy) is 1. The first-order valence-electron chi connectivity index (χ1n) is 5.25. The van der Waals surface area contributed by atoms with Gasteiger partial charge in [-0.25, -0.2) is 0 Å². The Bertz CT molecular complexity index is 527. The van der Waals surface area contributed by atoms with Crippen molar-refractivity contribution >= 4 is 23.2 Å². The number of hydrogen-bond donors (Lipinski definition) is 1. The van der Waals surface area contributed by atoms with E-state index in [0.29, 0.717) is 0 Å². The number of nitro benzene ring substituents is 1. The normalized spacial score (nSPS) is 9.47. The molecule has 0 fully saturated rings. The molecular weight excluding hydrogens is 274 g/mol. The molecule has 0 heterocycles. The molecule has 1 aromatic carbocycles. The molecule has 0 aliphatic carbocycles. The van der Waals surface area contributed by atoms with E-state index < -0.39 is 10.8 Å². The summed E-state index contributed by atoms with van der Waals surface area (Å²) in [7, 11) is 0. The van der Waals surface area contributed by atoms with Gasteiger partial charge in [0.15, 0.2) is 12.4 Å². The van der Waals surface area contributed by atoms with E-state index in [1.54, 1.807) is 0 Å². The van der Waals surface area contributed by atoms with Crippen molar-refractivity contribution in [2.45, 2.75) is 6.42 Å². The summed E-state index contributed by atoms with van der Waals surface area (Å²) in [6, 6.07) is 5.69. The first-order valence-corrected chi connectivity index (χ1v) is 5.62. The average molecular weight is 284 g/mol. The number of rotatable bonds is 6. The maximum atomic E-state index is 11.3. The van der Waals surface area contributed by atoms with Gasteiger partial charge in [-0.1, -0.05) is 11.6 Å². The van der Waals surface area contributed by atoms with E-state index in [0.717, 1.165) is 0 Å². The van der Waals surface area contributed by atoms with Crippen LogP contribution in [0.15, 0.2) is 18.2 Å². The highest BCUT2D eigenvalue weighted by atomic mass is 35.5. The fraction of sp³-hybridized carbons (Fsp3) is 0.273. The highest BCUT2D eigenvalue weighted by Gasteiger charge is 2.16. The summed E-state index contributed by atoms with van der Waals surface area (Å²) < 4.78 is 5.05. The van der Waals surface area contributed by atoms with Gasteiger partial charge in [-0.15, -0.1) is 0 Å². The summed E-state index contributed by atoms with van der Waals surface area (Å²) in [6.45, 7) is -0.178. The number of nitro groups is 1. The second-order valence-electron chi connectivity index (χ2n) is 3.42. The zero-order valence-corrected chi connectivity index (χ0v) is 10.5. The van der Waals surface area contributed by atoms with Crippen molar-refractivity contribution in [2.75, 3.05) is 13.2 Å². The molecule has 1 amide bonds. The molecule has 0 unspecified atom stereocenters. The van der Waals surface area contributed by atoms with Crippen LogP contribution in [0.5, 0.6) is 5.75 Å². The van der Waals surface area contributed by atoms with E-state index in [1.807, 2.05) is 6.07 Å². The fourth-order valence-corrected chi connectivity index (χ4v) is 1.37. The van der Waals surface area contributed by atoms with Crippen molar-refractivity contribution in [1.82, 2.24) is 5.32 Å². The average Bonchev–Trinajstić information content (AvgIpc) is 2.36. The number of hydrogen-bond acceptors (Lipinski definition) is 5. The number of benzene rings is 1. The summed E-state index contributed by atoms with van der Waals surface area (Å²) in [5.74, 6) is -0.544. The summed E-state index contributed by atoms with van der Waals surface area (Å²) in [5, 5.41) is 21.7. The van der Waals surface area contributed by atoms with Crippen LogP contribution in [-0.4, -0.2) is 24.0 Å². The minimum absolute atomic E-state index is 0.0760. The zero-order valence-electron chi connectivity index (χ0n) is 9.76. The molecule has 0 radical (unpaired) electrons. The van der Waals surface area contributed by atoms with Gasteiger partial charge in [-0.05, 0) is 6.07 Å². The maximum Gasteiger partial charge on any atom is 0.311 e. The minimum atomic E-state index is -0.626. The van der Waals surface area contributed by atoms with Crippen LogP contribution in [0.3, 0.4) is 0 Å². The minimum Gasteiger partial charge on any atom is -0.477 e. The second-order valence-corrected chi connectivity index (χ2v) is 3.85. The number of nitrogens with zero attached hydrogens (tertiary/aromatic N) is 2. The lowest BCUT2D eigenvalue weighted by Gasteiger charge is -2.07. The fourth-order valence-electron chi connectivity index (χ4n) is 1.21. The third-order valence-corrected chi connectivity index (χ3v) is 2.27. The number of amides is 1. The molecule has 1 N–H and O–H groups in total. The van der Waals surface area contributed by atoms with Crippen LogP contribution in [0.1, 0.15) is 6.42 Å². The van der Waals surface area contributed by atoms with E-state index in [2.05, 4.69) is 5.32 Å². The van der Waals surface area contributed by atoms with Crippen molar-refractivity contribution in [3.8, 4) is 11.8 Å². The molecule has 7 nitrogen and oxygen atoms in total. The van der Waals surface area contributed by atoms with Crippen LogP contribution in [0, 0.1) is 21.4 Å². The van der Waals surface area contributed by atoms with Crippen LogP contribution >= 0.6 is 11.6 Å². The van der Waals surface area contributed by atoms with E-state index in [1.165, 1.54) is 18.2 Å². The topological polar surface area (TPSA) is 105 Å². The van der Waals surface area contributed by atoms with Gasteiger partial charge in [-0.2, -0.15) is 5.26 Å². The van der Waals surface area contributed by atoms with Crippen molar-refractivity contribution in [3.05, 3.63) is 33.3 Å². The summed E-state index contributed by atoms with van der Waals surface area (Å²) >= 11 is 5.70. The molecule has 0 atom stereocenters. The third kappa shape index (κ3) is 4.81. The van der Waals surface area contributed by atoms with Gasteiger partial charge in [0.2, 0.25) is 0 Å². The molecule has 0 aliphatic heterocycles.